The van der Waals surface area contributed by atoms with E-state index in [1.54, 1.807) is 42.7 Å². The average Bonchev–Trinajstić information content (AvgIpc) is 3.72. The number of carbonyl (C=O) groups is 1. The maximum absolute atomic E-state index is 14.1. The van der Waals surface area contributed by atoms with Crippen LogP contribution in [0, 0.1) is 11.8 Å². The molecule has 1 unspecified atom stereocenters. The number of nitrogens with one attached hydrogen (secondary N) is 1. The third kappa shape index (κ3) is 4.87. The maximum Gasteiger partial charge on any atom is 0.296 e. The topological polar surface area (TPSA) is 97.6 Å². The van der Waals surface area contributed by atoms with Crippen LogP contribution in [0.5, 0.6) is 0 Å². The van der Waals surface area contributed by atoms with Crippen molar-refractivity contribution in [3.8, 4) is 5.82 Å². The molecule has 0 bridgehead atoms. The molecule has 0 saturated carbocycles. The number of rotatable bonds is 7. The van der Waals surface area contributed by atoms with E-state index in [9.17, 15) is 13.6 Å². The van der Waals surface area contributed by atoms with Crippen LogP contribution in [0.15, 0.2) is 42.7 Å². The highest BCUT2D eigenvalue weighted by atomic mass is 19.3. The molecule has 38 heavy (non-hydrogen) atoms. The van der Waals surface area contributed by atoms with E-state index < -0.39 is 6.43 Å². The van der Waals surface area contributed by atoms with Crippen molar-refractivity contribution in [2.75, 3.05) is 62.8 Å². The van der Waals surface area contributed by atoms with Gasteiger partial charge in [0.25, 0.3) is 6.43 Å². The molecule has 10 nitrogen and oxygen atoms in total. The molecule has 1 N–H and O–H groups in total. The second kappa shape index (κ2) is 10.5. The van der Waals surface area contributed by atoms with E-state index in [2.05, 4.69) is 15.3 Å². The number of ether oxygens (including phenoxy) is 2. The Morgan fingerprint density at radius 2 is 1.97 bits per heavy atom. The summed E-state index contributed by atoms with van der Waals surface area (Å²) in [7, 11) is 0. The fraction of sp³-hybridized carbons (Fsp3) is 0.462. The van der Waals surface area contributed by atoms with Crippen molar-refractivity contribution >= 4 is 28.7 Å². The molecule has 3 aliphatic heterocycles. The number of carbonyl (C=O) groups excluding carboxylic acids is 1. The van der Waals surface area contributed by atoms with Gasteiger partial charge in [-0.2, -0.15) is 9.97 Å². The first kappa shape index (κ1) is 24.5. The van der Waals surface area contributed by atoms with Crippen molar-refractivity contribution in [1.29, 1.82) is 0 Å². The summed E-state index contributed by atoms with van der Waals surface area (Å²) in [5.41, 5.74) is 1.03. The molecule has 3 aliphatic rings. The Kier molecular flexibility index (Phi) is 6.79. The molecule has 2 saturated heterocycles. The Morgan fingerprint density at radius 3 is 2.76 bits per heavy atom. The first-order chi connectivity index (χ1) is 18.6. The number of morpholine rings is 1. The lowest BCUT2D eigenvalue weighted by atomic mass is 10.1. The molecule has 2 fully saturated rings. The minimum Gasteiger partial charge on any atom is -0.500 e. The normalized spacial score (nSPS) is 21.4. The zero-order chi connectivity index (χ0) is 26.1. The maximum atomic E-state index is 14.1. The van der Waals surface area contributed by atoms with Gasteiger partial charge in [-0.15, -0.1) is 0 Å². The SMILES string of the molecule is O=C(C1C=COC1)N1CC[C@H](CNc2cc(-n3c(C(F)F)nc4ccccc43)nc(N3CCOCC3)n2)C1. The van der Waals surface area contributed by atoms with Crippen LogP contribution in [-0.4, -0.2) is 82.9 Å². The van der Waals surface area contributed by atoms with E-state index >= 15 is 0 Å². The molecule has 0 radical (unpaired) electrons. The molecule has 5 heterocycles. The van der Waals surface area contributed by atoms with Gasteiger partial charge in [0.2, 0.25) is 11.9 Å². The van der Waals surface area contributed by atoms with Crippen LogP contribution in [-0.2, 0) is 14.3 Å². The minimum absolute atomic E-state index is 0.0895. The lowest BCUT2D eigenvalue weighted by Gasteiger charge is -2.27. The third-order valence-corrected chi connectivity index (χ3v) is 7.18. The van der Waals surface area contributed by atoms with E-state index in [0.29, 0.717) is 81.2 Å². The van der Waals surface area contributed by atoms with E-state index in [4.69, 9.17) is 14.5 Å². The minimum atomic E-state index is -2.78. The number of hydrogen-bond acceptors (Lipinski definition) is 8. The number of anilines is 2. The zero-order valence-electron chi connectivity index (χ0n) is 20.8. The van der Waals surface area contributed by atoms with Gasteiger partial charge in [0.15, 0.2) is 5.82 Å². The van der Waals surface area contributed by atoms with Gasteiger partial charge in [0.1, 0.15) is 18.2 Å². The quantitative estimate of drug-likeness (QED) is 0.503. The highest BCUT2D eigenvalue weighted by molar-refractivity contribution is 5.81. The van der Waals surface area contributed by atoms with Crippen molar-refractivity contribution in [3.05, 3.63) is 48.5 Å². The van der Waals surface area contributed by atoms with Gasteiger partial charge in [-0.1, -0.05) is 12.1 Å². The number of fused-ring (bicyclic) bond motifs is 1. The highest BCUT2D eigenvalue weighted by Crippen LogP contribution is 2.29. The molecular weight excluding hydrogens is 496 g/mol. The number of imidazole rings is 1. The Hall–Kier alpha value is -3.80. The molecule has 12 heteroatoms. The van der Waals surface area contributed by atoms with Crippen molar-refractivity contribution in [1.82, 2.24) is 24.4 Å². The molecule has 3 aromatic rings. The number of hydrogen-bond donors (Lipinski definition) is 1. The van der Waals surface area contributed by atoms with Crippen molar-refractivity contribution in [3.63, 3.8) is 0 Å². The zero-order valence-corrected chi connectivity index (χ0v) is 20.8. The van der Waals surface area contributed by atoms with Crippen molar-refractivity contribution in [2.45, 2.75) is 12.8 Å². The number of aromatic nitrogens is 4. The molecule has 0 spiro atoms. The Labute approximate surface area is 218 Å². The van der Waals surface area contributed by atoms with Crippen LogP contribution in [0.3, 0.4) is 0 Å². The molecule has 200 valence electrons. The van der Waals surface area contributed by atoms with Crippen LogP contribution in [0.4, 0.5) is 20.5 Å². The number of amides is 1. The Balaban J connectivity index is 1.27. The second-order valence-electron chi connectivity index (χ2n) is 9.69. The van der Waals surface area contributed by atoms with Crippen LogP contribution in [0.25, 0.3) is 16.9 Å². The van der Waals surface area contributed by atoms with Crippen LogP contribution >= 0.6 is 0 Å². The number of likely N-dealkylation sites (tertiary alicyclic amines) is 1. The molecule has 2 atom stereocenters. The van der Waals surface area contributed by atoms with E-state index in [0.717, 1.165) is 6.42 Å². The van der Waals surface area contributed by atoms with Crippen molar-refractivity contribution in [2.24, 2.45) is 11.8 Å². The molecule has 1 aromatic carbocycles. The Morgan fingerprint density at radius 1 is 1.13 bits per heavy atom. The Bertz CT molecular complexity index is 1340. The number of para-hydroxylation sites is 2. The van der Waals surface area contributed by atoms with E-state index in [1.807, 2.05) is 9.80 Å². The summed E-state index contributed by atoms with van der Waals surface area (Å²) in [5.74, 6) is 1.06. The van der Waals surface area contributed by atoms with Gasteiger partial charge >= 0.3 is 0 Å². The summed E-state index contributed by atoms with van der Waals surface area (Å²) >= 11 is 0. The predicted molar refractivity (Wildman–Crippen MR) is 136 cm³/mol. The molecule has 6 rings (SSSR count). The van der Waals surface area contributed by atoms with Gasteiger partial charge in [0, 0.05) is 38.8 Å². The lowest BCUT2D eigenvalue weighted by molar-refractivity contribution is -0.133. The summed E-state index contributed by atoms with van der Waals surface area (Å²) in [5, 5.41) is 3.39. The van der Waals surface area contributed by atoms with Gasteiger partial charge < -0.3 is 24.6 Å². The summed E-state index contributed by atoms with van der Waals surface area (Å²) in [6.45, 7) is 4.62. The lowest BCUT2D eigenvalue weighted by Crippen LogP contribution is -2.37. The summed E-state index contributed by atoms with van der Waals surface area (Å²) in [6, 6.07) is 8.71. The average molecular weight is 526 g/mol. The van der Waals surface area contributed by atoms with Crippen LogP contribution in [0.1, 0.15) is 18.7 Å². The second-order valence-corrected chi connectivity index (χ2v) is 9.69. The molecular formula is C26H29F2N7O3. The summed E-state index contributed by atoms with van der Waals surface area (Å²) in [6.07, 6.45) is 1.48. The monoisotopic (exact) mass is 525 g/mol. The van der Waals surface area contributed by atoms with Crippen LogP contribution in [0.2, 0.25) is 0 Å². The van der Waals surface area contributed by atoms with Gasteiger partial charge in [-0.3, -0.25) is 9.36 Å². The van der Waals surface area contributed by atoms with Gasteiger partial charge in [0.05, 0.1) is 36.4 Å². The molecule has 2 aromatic heterocycles. The molecule has 1 amide bonds. The van der Waals surface area contributed by atoms with Gasteiger partial charge in [-0.05, 0) is 30.5 Å². The van der Waals surface area contributed by atoms with Gasteiger partial charge in [-0.25, -0.2) is 13.8 Å². The first-order valence-corrected chi connectivity index (χ1v) is 12.9. The number of alkyl halides is 2. The molecule has 0 aliphatic carbocycles. The largest absolute Gasteiger partial charge is 0.500 e. The van der Waals surface area contributed by atoms with E-state index in [-0.39, 0.29) is 23.6 Å². The number of benzene rings is 1. The fourth-order valence-electron chi connectivity index (χ4n) is 5.17. The summed E-state index contributed by atoms with van der Waals surface area (Å²) in [4.78, 5) is 30.2. The smallest absolute Gasteiger partial charge is 0.296 e. The number of halogens is 2. The third-order valence-electron chi connectivity index (χ3n) is 7.18. The van der Waals surface area contributed by atoms with Crippen LogP contribution < -0.4 is 10.2 Å². The fourth-order valence-corrected chi connectivity index (χ4v) is 5.17. The highest BCUT2D eigenvalue weighted by Gasteiger charge is 2.31. The van der Waals surface area contributed by atoms with Crippen molar-refractivity contribution < 1.29 is 23.0 Å². The number of nitrogens with zero attached hydrogens (tertiary/aromatic N) is 6. The first-order valence-electron chi connectivity index (χ1n) is 12.9. The summed E-state index contributed by atoms with van der Waals surface area (Å²) < 4.78 is 40.2. The standard InChI is InChI=1S/C26H29F2N7O3/c27-23(28)24-30-19-3-1-2-4-20(19)35(24)22-13-21(31-26(32-22)33-8-11-37-12-9-33)29-14-17-5-7-34(15-17)25(36)18-6-10-38-16-18/h1-4,6,10,13,17-18,23H,5,7-9,11-12,14-16H2,(H,29,31,32)/t17-,18?/m1/s1. The van der Waals surface area contributed by atoms with E-state index in [1.165, 1.54) is 4.57 Å². The predicted octanol–water partition coefficient (Wildman–Crippen LogP) is 3.01.